The van der Waals surface area contributed by atoms with E-state index >= 15 is 0 Å². The molecule has 1 saturated carbocycles. The molecule has 1 aliphatic carbocycles. The maximum absolute atomic E-state index is 13.5. The van der Waals surface area contributed by atoms with Crippen molar-refractivity contribution in [3.8, 4) is 0 Å². The molecule has 1 aromatic rings. The molecule has 0 spiro atoms. The summed E-state index contributed by atoms with van der Waals surface area (Å²) in [5.74, 6) is 0.494. The molecule has 1 aliphatic rings. The molecule has 0 aromatic heterocycles. The van der Waals surface area contributed by atoms with E-state index in [-0.39, 0.29) is 47.6 Å². The molecule has 154 valence electrons. The zero-order chi connectivity index (χ0) is 19.0. The SMILES string of the molecule is CCNC(=NCC1(c2cccc(F)c2)CC1)NCCOCCS(C)(=O)=O.I. The summed E-state index contributed by atoms with van der Waals surface area (Å²) in [4.78, 5) is 4.63. The largest absolute Gasteiger partial charge is 0.379 e. The summed E-state index contributed by atoms with van der Waals surface area (Å²) < 4.78 is 40.9. The summed E-state index contributed by atoms with van der Waals surface area (Å²) in [6.07, 6.45) is 3.21. The minimum absolute atomic E-state index is 0. The summed E-state index contributed by atoms with van der Waals surface area (Å²) in [6, 6.07) is 6.75. The van der Waals surface area contributed by atoms with Gasteiger partial charge < -0.3 is 15.4 Å². The lowest BCUT2D eigenvalue weighted by Crippen LogP contribution is -2.39. The fraction of sp³-hybridized carbons (Fsp3) is 0.611. The van der Waals surface area contributed by atoms with Crippen LogP contribution in [0.15, 0.2) is 29.3 Å². The molecular weight excluding hydrogens is 484 g/mol. The van der Waals surface area contributed by atoms with E-state index in [0.717, 1.165) is 24.9 Å². The van der Waals surface area contributed by atoms with Crippen molar-refractivity contribution < 1.29 is 17.5 Å². The van der Waals surface area contributed by atoms with E-state index in [1.165, 1.54) is 12.3 Å². The van der Waals surface area contributed by atoms with E-state index < -0.39 is 9.84 Å². The highest BCUT2D eigenvalue weighted by Gasteiger charge is 2.44. The molecule has 0 atom stereocenters. The van der Waals surface area contributed by atoms with E-state index in [1.807, 2.05) is 13.0 Å². The molecule has 0 saturated heterocycles. The second-order valence-corrected chi connectivity index (χ2v) is 8.91. The molecule has 0 heterocycles. The first-order valence-corrected chi connectivity index (χ1v) is 10.9. The van der Waals surface area contributed by atoms with Crippen LogP contribution in [0.3, 0.4) is 0 Å². The van der Waals surface area contributed by atoms with Gasteiger partial charge in [-0.2, -0.15) is 0 Å². The number of sulfone groups is 1. The van der Waals surface area contributed by atoms with Gasteiger partial charge in [0.25, 0.3) is 0 Å². The van der Waals surface area contributed by atoms with Crippen LogP contribution in [0.2, 0.25) is 0 Å². The smallest absolute Gasteiger partial charge is 0.191 e. The number of hydrogen-bond donors (Lipinski definition) is 2. The minimum Gasteiger partial charge on any atom is -0.379 e. The topological polar surface area (TPSA) is 79.8 Å². The number of hydrogen-bond acceptors (Lipinski definition) is 4. The van der Waals surface area contributed by atoms with Gasteiger partial charge in [0.05, 0.1) is 25.5 Å². The molecule has 1 aromatic carbocycles. The third-order valence-electron chi connectivity index (χ3n) is 4.31. The number of halogens is 2. The monoisotopic (exact) mass is 513 g/mol. The number of nitrogens with zero attached hydrogens (tertiary/aromatic N) is 1. The molecule has 2 N–H and O–H groups in total. The van der Waals surface area contributed by atoms with Crippen molar-refractivity contribution in [3.63, 3.8) is 0 Å². The second-order valence-electron chi connectivity index (χ2n) is 6.65. The van der Waals surface area contributed by atoms with Gasteiger partial charge in [0.2, 0.25) is 0 Å². The van der Waals surface area contributed by atoms with Gasteiger partial charge in [-0.15, -0.1) is 24.0 Å². The predicted molar refractivity (Wildman–Crippen MR) is 117 cm³/mol. The molecule has 27 heavy (non-hydrogen) atoms. The zero-order valence-corrected chi connectivity index (χ0v) is 19.0. The molecule has 2 rings (SSSR count). The molecule has 0 bridgehead atoms. The van der Waals surface area contributed by atoms with Crippen LogP contribution in [0.25, 0.3) is 0 Å². The van der Waals surface area contributed by atoms with Crippen molar-refractivity contribution in [2.24, 2.45) is 4.99 Å². The lowest BCUT2D eigenvalue weighted by atomic mass is 9.96. The molecule has 6 nitrogen and oxygen atoms in total. The van der Waals surface area contributed by atoms with Crippen LogP contribution in [0.4, 0.5) is 4.39 Å². The highest BCUT2D eigenvalue weighted by atomic mass is 127. The summed E-state index contributed by atoms with van der Waals surface area (Å²) in [5, 5.41) is 6.35. The highest BCUT2D eigenvalue weighted by Crippen LogP contribution is 2.48. The summed E-state index contributed by atoms with van der Waals surface area (Å²) >= 11 is 0. The first-order chi connectivity index (χ1) is 12.3. The first kappa shape index (κ1) is 24.1. The fourth-order valence-corrected chi connectivity index (χ4v) is 3.05. The predicted octanol–water partition coefficient (Wildman–Crippen LogP) is 2.09. The number of nitrogens with one attached hydrogen (secondary N) is 2. The van der Waals surface area contributed by atoms with Gasteiger partial charge >= 0.3 is 0 Å². The Kier molecular flexibility index (Phi) is 9.96. The van der Waals surface area contributed by atoms with Crippen LogP contribution in [0.5, 0.6) is 0 Å². The average Bonchev–Trinajstić information content (AvgIpc) is 3.36. The number of ether oxygens (including phenoxy) is 1. The maximum atomic E-state index is 13.5. The van der Waals surface area contributed by atoms with Gasteiger partial charge in [0.1, 0.15) is 15.7 Å². The molecule has 0 aliphatic heterocycles. The van der Waals surface area contributed by atoms with Gasteiger partial charge in [0, 0.05) is 24.8 Å². The molecule has 1 fully saturated rings. The fourth-order valence-electron chi connectivity index (χ4n) is 2.63. The Morgan fingerprint density at radius 1 is 1.30 bits per heavy atom. The standard InChI is InChI=1S/C18H28FN3O3S.HI/c1-3-20-17(21-9-10-25-11-12-26(2,23)24)22-14-18(7-8-18)15-5-4-6-16(19)13-15;/h4-6,13H,3,7-12,14H2,1-2H3,(H2,20,21,22);1H. The van der Waals surface area contributed by atoms with Crippen molar-refractivity contribution in [2.75, 3.05) is 44.9 Å². The van der Waals surface area contributed by atoms with Crippen LogP contribution in [-0.4, -0.2) is 59.2 Å². The lowest BCUT2D eigenvalue weighted by Gasteiger charge is -2.16. The van der Waals surface area contributed by atoms with Gasteiger partial charge in [-0.3, -0.25) is 4.99 Å². The number of rotatable bonds is 10. The van der Waals surface area contributed by atoms with E-state index in [9.17, 15) is 12.8 Å². The Morgan fingerprint density at radius 3 is 2.63 bits per heavy atom. The number of guanidine groups is 1. The molecule has 0 radical (unpaired) electrons. The van der Waals surface area contributed by atoms with Gasteiger partial charge in [-0.1, -0.05) is 12.1 Å². The number of benzene rings is 1. The second kappa shape index (κ2) is 11.2. The van der Waals surface area contributed by atoms with E-state index in [0.29, 0.717) is 25.7 Å². The Balaban J connectivity index is 0.00000364. The quantitative estimate of drug-likeness (QED) is 0.217. The maximum Gasteiger partial charge on any atom is 0.191 e. The van der Waals surface area contributed by atoms with E-state index in [1.54, 1.807) is 12.1 Å². The van der Waals surface area contributed by atoms with Crippen molar-refractivity contribution in [3.05, 3.63) is 35.6 Å². The van der Waals surface area contributed by atoms with E-state index in [2.05, 4.69) is 15.6 Å². The molecular formula is C18H29FIN3O3S. The Morgan fingerprint density at radius 2 is 2.04 bits per heavy atom. The van der Waals surface area contributed by atoms with Crippen LogP contribution >= 0.6 is 24.0 Å². The Labute approximate surface area is 178 Å². The minimum atomic E-state index is -2.99. The number of aliphatic imine (C=N–C) groups is 1. The van der Waals surface area contributed by atoms with E-state index in [4.69, 9.17) is 4.74 Å². The van der Waals surface area contributed by atoms with Crippen LogP contribution in [-0.2, 0) is 20.0 Å². The average molecular weight is 513 g/mol. The summed E-state index contributed by atoms with van der Waals surface area (Å²) in [5.41, 5.74) is 0.942. The Bertz CT molecular complexity index is 724. The van der Waals surface area contributed by atoms with Crippen molar-refractivity contribution in [1.29, 1.82) is 0 Å². The Hall–Kier alpha value is -0.940. The van der Waals surface area contributed by atoms with Gasteiger partial charge in [-0.05, 0) is 37.5 Å². The zero-order valence-electron chi connectivity index (χ0n) is 15.8. The normalized spacial score (nSPS) is 15.7. The molecule has 0 amide bonds. The van der Waals surface area contributed by atoms with Crippen molar-refractivity contribution >= 4 is 39.8 Å². The van der Waals surface area contributed by atoms with Crippen molar-refractivity contribution in [1.82, 2.24) is 10.6 Å². The summed E-state index contributed by atoms with van der Waals surface area (Å²) in [6.45, 7) is 4.43. The molecule has 9 heteroatoms. The lowest BCUT2D eigenvalue weighted by molar-refractivity contribution is 0.154. The van der Waals surface area contributed by atoms with Gasteiger partial charge in [0.15, 0.2) is 5.96 Å². The highest BCUT2D eigenvalue weighted by molar-refractivity contribution is 14.0. The van der Waals surface area contributed by atoms with Gasteiger partial charge in [-0.25, -0.2) is 12.8 Å². The third-order valence-corrected chi connectivity index (χ3v) is 5.22. The summed E-state index contributed by atoms with van der Waals surface area (Å²) in [7, 11) is -2.99. The van der Waals surface area contributed by atoms with Crippen LogP contribution < -0.4 is 10.6 Å². The van der Waals surface area contributed by atoms with Crippen LogP contribution in [0.1, 0.15) is 25.3 Å². The molecule has 0 unspecified atom stereocenters. The first-order valence-electron chi connectivity index (χ1n) is 8.88. The van der Waals surface area contributed by atoms with Crippen LogP contribution in [0, 0.1) is 5.82 Å². The third kappa shape index (κ3) is 8.73. The van der Waals surface area contributed by atoms with Crippen molar-refractivity contribution in [2.45, 2.75) is 25.2 Å².